The van der Waals surface area contributed by atoms with Crippen molar-refractivity contribution < 1.29 is 9.53 Å². The molecule has 138 valence electrons. The van der Waals surface area contributed by atoms with Crippen LogP contribution in [-0.2, 0) is 35.7 Å². The van der Waals surface area contributed by atoms with Crippen molar-refractivity contribution in [1.82, 2.24) is 5.32 Å². The fraction of sp³-hybridized carbons (Fsp3) is 0.174. The van der Waals surface area contributed by atoms with Gasteiger partial charge in [0.2, 0.25) is 5.91 Å². The summed E-state index contributed by atoms with van der Waals surface area (Å²) < 4.78 is 5.83. The van der Waals surface area contributed by atoms with E-state index in [-0.39, 0.29) is 5.91 Å². The van der Waals surface area contributed by atoms with Crippen molar-refractivity contribution in [2.24, 2.45) is 0 Å². The Balaban J connectivity index is 1.52. The molecular weight excluding hydrogens is 358 g/mol. The molecule has 0 radical (unpaired) electrons. The monoisotopic (exact) mass is 379 g/mol. The molecule has 0 unspecified atom stereocenters. The van der Waals surface area contributed by atoms with Gasteiger partial charge in [-0.15, -0.1) is 0 Å². The maximum absolute atomic E-state index is 12.2. The van der Waals surface area contributed by atoms with Crippen LogP contribution in [0, 0.1) is 0 Å². The first-order chi connectivity index (χ1) is 13.2. The zero-order valence-corrected chi connectivity index (χ0v) is 15.8. The van der Waals surface area contributed by atoms with E-state index in [2.05, 4.69) is 5.32 Å². The summed E-state index contributed by atoms with van der Waals surface area (Å²) in [4.78, 5) is 12.2. The lowest BCUT2D eigenvalue weighted by Crippen LogP contribution is -2.25. The molecule has 0 aromatic heterocycles. The molecule has 0 atom stereocenters. The summed E-state index contributed by atoms with van der Waals surface area (Å²) in [6.07, 6.45) is 0.313. The van der Waals surface area contributed by atoms with Gasteiger partial charge in [-0.05, 0) is 34.4 Å². The number of rotatable bonds is 8. The van der Waals surface area contributed by atoms with E-state index < -0.39 is 0 Å². The van der Waals surface area contributed by atoms with Crippen molar-refractivity contribution in [2.75, 3.05) is 0 Å². The summed E-state index contributed by atoms with van der Waals surface area (Å²) in [5, 5.41) is 3.62. The minimum absolute atomic E-state index is 0.0303. The molecule has 0 bridgehead atoms. The normalized spacial score (nSPS) is 10.6. The predicted octanol–water partition coefficient (Wildman–Crippen LogP) is 4.92. The average molecular weight is 380 g/mol. The molecule has 1 amide bonds. The molecule has 1 N–H and O–H groups in total. The highest BCUT2D eigenvalue weighted by molar-refractivity contribution is 6.30. The van der Waals surface area contributed by atoms with Gasteiger partial charge in [0.1, 0.15) is 0 Å². The Bertz CT molecular complexity index is 880. The lowest BCUT2D eigenvalue weighted by atomic mass is 10.1. The number of benzene rings is 3. The number of carbonyl (C=O) groups is 1. The first kappa shape index (κ1) is 19.2. The Morgan fingerprint density at radius 1 is 0.815 bits per heavy atom. The molecule has 3 aromatic carbocycles. The van der Waals surface area contributed by atoms with Crippen LogP contribution in [0.25, 0.3) is 0 Å². The molecule has 0 aliphatic rings. The van der Waals surface area contributed by atoms with Crippen molar-refractivity contribution in [3.8, 4) is 0 Å². The summed E-state index contributed by atoms with van der Waals surface area (Å²) in [6, 6.07) is 25.4. The van der Waals surface area contributed by atoms with Crippen molar-refractivity contribution in [3.05, 3.63) is 106 Å². The Labute approximate surface area is 164 Å². The molecule has 0 aliphatic heterocycles. The number of amides is 1. The average Bonchev–Trinajstić information content (AvgIpc) is 2.68. The van der Waals surface area contributed by atoms with Gasteiger partial charge in [0.05, 0.1) is 19.6 Å². The van der Waals surface area contributed by atoms with E-state index in [0.717, 1.165) is 22.3 Å². The first-order valence-electron chi connectivity index (χ1n) is 8.90. The minimum Gasteiger partial charge on any atom is -0.372 e. The van der Waals surface area contributed by atoms with Gasteiger partial charge in [-0.3, -0.25) is 4.79 Å². The van der Waals surface area contributed by atoms with E-state index in [0.29, 0.717) is 31.2 Å². The molecule has 0 spiro atoms. The zero-order valence-electron chi connectivity index (χ0n) is 15.0. The van der Waals surface area contributed by atoms with Crippen LogP contribution in [0.2, 0.25) is 5.02 Å². The fourth-order valence-corrected chi connectivity index (χ4v) is 3.03. The van der Waals surface area contributed by atoms with Crippen LogP contribution in [-0.4, -0.2) is 5.91 Å². The third-order valence-electron chi connectivity index (χ3n) is 4.22. The molecule has 27 heavy (non-hydrogen) atoms. The highest BCUT2D eigenvalue weighted by atomic mass is 35.5. The van der Waals surface area contributed by atoms with E-state index in [1.165, 1.54) is 0 Å². The Hall–Kier alpha value is -2.62. The fourth-order valence-electron chi connectivity index (χ4n) is 2.81. The van der Waals surface area contributed by atoms with Crippen LogP contribution < -0.4 is 5.32 Å². The minimum atomic E-state index is -0.0303. The summed E-state index contributed by atoms with van der Waals surface area (Å²) in [5.41, 5.74) is 4.19. The zero-order chi connectivity index (χ0) is 18.9. The molecule has 3 rings (SSSR count). The molecule has 0 fully saturated rings. The Morgan fingerprint density at radius 2 is 1.52 bits per heavy atom. The SMILES string of the molecule is O=C(Cc1cccc(Cl)c1)NCc1ccccc1COCc1ccccc1. The lowest BCUT2D eigenvalue weighted by Gasteiger charge is -2.12. The van der Waals surface area contributed by atoms with Crippen LogP contribution >= 0.6 is 11.6 Å². The molecular formula is C23H22ClNO2. The van der Waals surface area contributed by atoms with Crippen molar-refractivity contribution in [2.45, 2.75) is 26.2 Å². The smallest absolute Gasteiger partial charge is 0.224 e. The first-order valence-corrected chi connectivity index (χ1v) is 9.28. The van der Waals surface area contributed by atoms with Crippen LogP contribution in [0.4, 0.5) is 0 Å². The van der Waals surface area contributed by atoms with Crippen LogP contribution in [0.1, 0.15) is 22.3 Å². The third kappa shape index (κ3) is 6.24. The van der Waals surface area contributed by atoms with Gasteiger partial charge >= 0.3 is 0 Å². The van der Waals surface area contributed by atoms with Gasteiger partial charge in [-0.2, -0.15) is 0 Å². The number of hydrogen-bond acceptors (Lipinski definition) is 2. The summed E-state index contributed by atoms with van der Waals surface area (Å²) in [5.74, 6) is -0.0303. The van der Waals surface area contributed by atoms with Crippen molar-refractivity contribution in [3.63, 3.8) is 0 Å². The van der Waals surface area contributed by atoms with Gasteiger partial charge in [-0.25, -0.2) is 0 Å². The highest BCUT2D eigenvalue weighted by Crippen LogP contribution is 2.13. The molecule has 4 heteroatoms. The molecule has 3 aromatic rings. The summed E-state index contributed by atoms with van der Waals surface area (Å²) >= 11 is 5.97. The standard InChI is InChI=1S/C23H22ClNO2/c24-22-12-6-9-19(13-22)14-23(26)25-15-20-10-4-5-11-21(20)17-27-16-18-7-2-1-3-8-18/h1-13H,14-17H2,(H,25,26). The van der Waals surface area contributed by atoms with E-state index >= 15 is 0 Å². The second kappa shape index (κ2) is 9.91. The number of hydrogen-bond donors (Lipinski definition) is 1. The Morgan fingerprint density at radius 3 is 2.30 bits per heavy atom. The molecule has 0 saturated carbocycles. The Kier molecular flexibility index (Phi) is 7.03. The van der Waals surface area contributed by atoms with Gasteiger partial charge in [-0.1, -0.05) is 78.3 Å². The topological polar surface area (TPSA) is 38.3 Å². The van der Waals surface area contributed by atoms with Gasteiger partial charge < -0.3 is 10.1 Å². The lowest BCUT2D eigenvalue weighted by molar-refractivity contribution is -0.120. The van der Waals surface area contributed by atoms with Gasteiger partial charge in [0, 0.05) is 11.6 Å². The molecule has 0 saturated heterocycles. The highest BCUT2D eigenvalue weighted by Gasteiger charge is 2.07. The second-order valence-electron chi connectivity index (χ2n) is 6.33. The molecule has 3 nitrogen and oxygen atoms in total. The van der Waals surface area contributed by atoms with Gasteiger partial charge in [0.15, 0.2) is 0 Å². The largest absolute Gasteiger partial charge is 0.372 e. The predicted molar refractivity (Wildman–Crippen MR) is 108 cm³/mol. The van der Waals surface area contributed by atoms with Crippen LogP contribution in [0.15, 0.2) is 78.9 Å². The van der Waals surface area contributed by atoms with E-state index in [4.69, 9.17) is 16.3 Å². The van der Waals surface area contributed by atoms with E-state index in [9.17, 15) is 4.79 Å². The van der Waals surface area contributed by atoms with E-state index in [1.54, 1.807) is 6.07 Å². The van der Waals surface area contributed by atoms with Crippen molar-refractivity contribution >= 4 is 17.5 Å². The number of ether oxygens (including phenoxy) is 1. The van der Waals surface area contributed by atoms with Crippen LogP contribution in [0.3, 0.4) is 0 Å². The molecule has 0 aliphatic carbocycles. The van der Waals surface area contributed by atoms with E-state index in [1.807, 2.05) is 72.8 Å². The number of carbonyl (C=O) groups excluding carboxylic acids is 1. The summed E-state index contributed by atoms with van der Waals surface area (Å²) in [6.45, 7) is 1.55. The van der Waals surface area contributed by atoms with Crippen molar-refractivity contribution in [1.29, 1.82) is 0 Å². The third-order valence-corrected chi connectivity index (χ3v) is 4.45. The number of nitrogens with one attached hydrogen (secondary N) is 1. The second-order valence-corrected chi connectivity index (χ2v) is 6.77. The maximum Gasteiger partial charge on any atom is 0.224 e. The number of halogens is 1. The maximum atomic E-state index is 12.2. The quantitative estimate of drug-likeness (QED) is 0.603. The van der Waals surface area contributed by atoms with Crippen LogP contribution in [0.5, 0.6) is 0 Å². The summed E-state index contributed by atoms with van der Waals surface area (Å²) in [7, 11) is 0. The van der Waals surface area contributed by atoms with Gasteiger partial charge in [0.25, 0.3) is 0 Å². The molecule has 0 heterocycles.